The molecule has 0 radical (unpaired) electrons. The lowest BCUT2D eigenvalue weighted by Gasteiger charge is -2.18. The van der Waals surface area contributed by atoms with Gasteiger partial charge in [-0.3, -0.25) is 0 Å². The number of nitrogens with one attached hydrogen (secondary N) is 1. The molecule has 1 aromatic heterocycles. The summed E-state index contributed by atoms with van der Waals surface area (Å²) in [6.07, 6.45) is 0.552. The molecule has 1 heterocycles. The summed E-state index contributed by atoms with van der Waals surface area (Å²) >= 11 is 0. The second kappa shape index (κ2) is 6.76. The summed E-state index contributed by atoms with van der Waals surface area (Å²) in [6.45, 7) is 6.71. The lowest BCUT2D eigenvalue weighted by molar-refractivity contribution is 0.382. The summed E-state index contributed by atoms with van der Waals surface area (Å²) in [5.41, 5.74) is 1.72. The molecule has 3 nitrogen and oxygen atoms in total. The third kappa shape index (κ3) is 3.45. The second-order valence-corrected chi connectivity index (χ2v) is 5.12. The van der Waals surface area contributed by atoms with Crippen LogP contribution in [0, 0.1) is 19.7 Å². The second-order valence-electron chi connectivity index (χ2n) is 5.12. The van der Waals surface area contributed by atoms with E-state index in [1.54, 1.807) is 12.1 Å². The summed E-state index contributed by atoms with van der Waals surface area (Å²) in [5, 5.41) is 3.40. The highest BCUT2D eigenvalue weighted by molar-refractivity contribution is 5.33. The fourth-order valence-electron chi connectivity index (χ4n) is 2.63. The van der Waals surface area contributed by atoms with E-state index in [2.05, 4.69) is 5.32 Å². The molecule has 0 fully saturated rings. The van der Waals surface area contributed by atoms with Crippen molar-refractivity contribution in [3.8, 4) is 5.75 Å². The van der Waals surface area contributed by atoms with Crippen molar-refractivity contribution in [2.24, 2.45) is 0 Å². The molecule has 4 heteroatoms. The minimum Gasteiger partial charge on any atom is -0.494 e. The number of hydrogen-bond acceptors (Lipinski definition) is 3. The van der Waals surface area contributed by atoms with Gasteiger partial charge in [-0.25, -0.2) is 4.39 Å². The Morgan fingerprint density at radius 3 is 2.67 bits per heavy atom. The predicted molar refractivity (Wildman–Crippen MR) is 81.3 cm³/mol. The lowest BCUT2D eigenvalue weighted by atomic mass is 9.98. The first-order chi connectivity index (χ1) is 10.1. The minimum atomic E-state index is -0.291. The first-order valence-electron chi connectivity index (χ1n) is 7.18. The summed E-state index contributed by atoms with van der Waals surface area (Å²) < 4.78 is 25.0. The van der Waals surface area contributed by atoms with Gasteiger partial charge < -0.3 is 14.5 Å². The molecule has 0 bridgehead atoms. The van der Waals surface area contributed by atoms with Crippen LogP contribution in [-0.4, -0.2) is 13.7 Å². The number of furan rings is 1. The SMILES string of the molecule is CCNC(Cc1cccc(OC)c1F)c1cc(C)oc1C. The van der Waals surface area contributed by atoms with Crippen molar-refractivity contribution < 1.29 is 13.5 Å². The summed E-state index contributed by atoms with van der Waals surface area (Å²) in [5.74, 6) is 1.74. The van der Waals surface area contributed by atoms with Gasteiger partial charge in [0.15, 0.2) is 11.6 Å². The van der Waals surface area contributed by atoms with E-state index >= 15 is 0 Å². The van der Waals surface area contributed by atoms with Crippen LogP contribution in [0.25, 0.3) is 0 Å². The fourth-order valence-corrected chi connectivity index (χ4v) is 2.63. The predicted octanol–water partition coefficient (Wildman–Crippen LogP) is 3.94. The highest BCUT2D eigenvalue weighted by atomic mass is 19.1. The van der Waals surface area contributed by atoms with Crippen LogP contribution < -0.4 is 10.1 Å². The van der Waals surface area contributed by atoms with Crippen LogP contribution in [0.2, 0.25) is 0 Å². The molecule has 1 atom stereocenters. The number of methoxy groups -OCH3 is 1. The van der Waals surface area contributed by atoms with Crippen molar-refractivity contribution >= 4 is 0 Å². The molecule has 1 unspecified atom stereocenters. The molecule has 0 spiro atoms. The number of halogens is 1. The number of aryl methyl sites for hydroxylation is 2. The van der Waals surface area contributed by atoms with Crippen molar-refractivity contribution in [3.05, 3.63) is 52.7 Å². The Balaban J connectivity index is 2.30. The van der Waals surface area contributed by atoms with Crippen molar-refractivity contribution in [2.45, 2.75) is 33.2 Å². The summed E-state index contributed by atoms with van der Waals surface area (Å²) in [6, 6.07) is 7.28. The molecule has 0 aliphatic heterocycles. The zero-order valence-electron chi connectivity index (χ0n) is 13.0. The van der Waals surface area contributed by atoms with Crippen molar-refractivity contribution in [3.63, 3.8) is 0 Å². The van der Waals surface area contributed by atoms with Crippen LogP contribution in [0.4, 0.5) is 4.39 Å². The molecule has 21 heavy (non-hydrogen) atoms. The minimum absolute atomic E-state index is 0.0223. The Kier molecular flexibility index (Phi) is 5.02. The Morgan fingerprint density at radius 1 is 1.33 bits per heavy atom. The number of ether oxygens (including phenoxy) is 1. The van der Waals surface area contributed by atoms with Crippen LogP contribution in [0.15, 0.2) is 28.7 Å². The Labute approximate surface area is 125 Å². The van der Waals surface area contributed by atoms with Crippen LogP contribution in [0.5, 0.6) is 5.75 Å². The summed E-state index contributed by atoms with van der Waals surface area (Å²) in [4.78, 5) is 0. The van der Waals surface area contributed by atoms with Crippen molar-refractivity contribution in [1.29, 1.82) is 0 Å². The molecule has 0 aliphatic carbocycles. The smallest absolute Gasteiger partial charge is 0.168 e. The third-order valence-corrected chi connectivity index (χ3v) is 3.59. The number of rotatable bonds is 6. The molecule has 1 aromatic carbocycles. The van der Waals surface area contributed by atoms with Crippen LogP contribution in [-0.2, 0) is 6.42 Å². The van der Waals surface area contributed by atoms with Crippen molar-refractivity contribution in [1.82, 2.24) is 5.32 Å². The molecule has 0 amide bonds. The van der Waals surface area contributed by atoms with Gasteiger partial charge in [0, 0.05) is 11.6 Å². The number of hydrogen-bond donors (Lipinski definition) is 1. The average Bonchev–Trinajstić information content (AvgIpc) is 2.79. The Hall–Kier alpha value is -1.81. The highest BCUT2D eigenvalue weighted by Crippen LogP contribution is 2.28. The summed E-state index contributed by atoms with van der Waals surface area (Å²) in [7, 11) is 1.48. The molecular weight excluding hydrogens is 269 g/mol. The highest BCUT2D eigenvalue weighted by Gasteiger charge is 2.19. The normalized spacial score (nSPS) is 12.4. The fraction of sp³-hybridized carbons (Fsp3) is 0.412. The van der Waals surface area contributed by atoms with Crippen molar-refractivity contribution in [2.75, 3.05) is 13.7 Å². The van der Waals surface area contributed by atoms with Gasteiger partial charge >= 0.3 is 0 Å². The first kappa shape index (κ1) is 15.6. The van der Waals surface area contributed by atoms with Gasteiger partial charge in [0.1, 0.15) is 11.5 Å². The molecular formula is C17H22FNO2. The van der Waals surface area contributed by atoms with E-state index in [0.717, 1.165) is 23.6 Å². The molecule has 2 rings (SSSR count). The number of benzene rings is 1. The van der Waals surface area contributed by atoms with Gasteiger partial charge in [0.2, 0.25) is 0 Å². The maximum atomic E-state index is 14.3. The first-order valence-corrected chi connectivity index (χ1v) is 7.18. The Morgan fingerprint density at radius 2 is 2.10 bits per heavy atom. The third-order valence-electron chi connectivity index (χ3n) is 3.59. The molecule has 2 aromatic rings. The molecule has 0 aliphatic rings. The van der Waals surface area contributed by atoms with E-state index < -0.39 is 0 Å². The van der Waals surface area contributed by atoms with E-state index in [0.29, 0.717) is 12.0 Å². The largest absolute Gasteiger partial charge is 0.494 e. The molecule has 114 valence electrons. The standard InChI is InChI=1S/C17H22FNO2/c1-5-19-15(14-9-11(2)21-12(14)3)10-13-7-6-8-16(20-4)17(13)18/h6-9,15,19H,5,10H2,1-4H3. The monoisotopic (exact) mass is 291 g/mol. The van der Waals surface area contributed by atoms with Gasteiger partial charge in [-0.05, 0) is 44.5 Å². The van der Waals surface area contributed by atoms with E-state index in [-0.39, 0.29) is 17.6 Å². The zero-order valence-corrected chi connectivity index (χ0v) is 13.0. The van der Waals surface area contributed by atoms with Gasteiger partial charge in [0.25, 0.3) is 0 Å². The van der Waals surface area contributed by atoms with Crippen LogP contribution in [0.1, 0.15) is 35.6 Å². The van der Waals surface area contributed by atoms with E-state index in [1.807, 2.05) is 32.9 Å². The van der Waals surface area contributed by atoms with E-state index in [1.165, 1.54) is 7.11 Å². The maximum absolute atomic E-state index is 14.3. The van der Waals surface area contributed by atoms with Crippen LogP contribution in [0.3, 0.4) is 0 Å². The number of likely N-dealkylation sites (N-methyl/N-ethyl adjacent to an activating group) is 1. The van der Waals surface area contributed by atoms with E-state index in [9.17, 15) is 4.39 Å². The topological polar surface area (TPSA) is 34.4 Å². The quantitative estimate of drug-likeness (QED) is 0.875. The van der Waals surface area contributed by atoms with Gasteiger partial charge in [0.05, 0.1) is 7.11 Å². The average molecular weight is 291 g/mol. The van der Waals surface area contributed by atoms with Gasteiger partial charge in [-0.2, -0.15) is 0 Å². The molecule has 0 saturated heterocycles. The molecule has 1 N–H and O–H groups in total. The maximum Gasteiger partial charge on any atom is 0.168 e. The molecule has 0 saturated carbocycles. The zero-order chi connectivity index (χ0) is 15.4. The van der Waals surface area contributed by atoms with Gasteiger partial charge in [-0.15, -0.1) is 0 Å². The lowest BCUT2D eigenvalue weighted by Crippen LogP contribution is -2.23. The van der Waals surface area contributed by atoms with Crippen LogP contribution >= 0.6 is 0 Å². The van der Waals surface area contributed by atoms with Gasteiger partial charge in [-0.1, -0.05) is 19.1 Å². The Bertz CT molecular complexity index is 607. The van der Waals surface area contributed by atoms with E-state index in [4.69, 9.17) is 9.15 Å².